The van der Waals surface area contributed by atoms with Gasteiger partial charge in [0.25, 0.3) is 0 Å². The Morgan fingerprint density at radius 3 is 2.61 bits per heavy atom. The van der Waals surface area contributed by atoms with Gasteiger partial charge in [0.05, 0.1) is 19.5 Å². The summed E-state index contributed by atoms with van der Waals surface area (Å²) in [4.78, 5) is 3.88. The van der Waals surface area contributed by atoms with E-state index in [9.17, 15) is 13.2 Å². The first-order valence-electron chi connectivity index (χ1n) is 7.19. The van der Waals surface area contributed by atoms with E-state index in [1.165, 1.54) is 0 Å². The summed E-state index contributed by atoms with van der Waals surface area (Å²) in [5.74, 6) is 1.13. The van der Waals surface area contributed by atoms with Crippen LogP contribution >= 0.6 is 24.0 Å². The zero-order valence-corrected chi connectivity index (χ0v) is 15.6. The molecule has 4 nitrogen and oxygen atoms in total. The highest BCUT2D eigenvalue weighted by Crippen LogP contribution is 2.18. The Hall–Kier alpha value is -1.19. The molecule has 0 aliphatic carbocycles. The van der Waals surface area contributed by atoms with Crippen molar-refractivity contribution in [3.05, 3.63) is 29.8 Å². The Bertz CT molecular complexity index is 481. The molecule has 0 amide bonds. The molecule has 0 heterocycles. The molecule has 0 fully saturated rings. The molecule has 1 rings (SSSR count). The molecule has 0 bridgehead atoms. The monoisotopic (exact) mass is 445 g/mol. The molecule has 0 spiro atoms. The highest BCUT2D eigenvalue weighted by Gasteiger charge is 2.26. The van der Waals surface area contributed by atoms with Crippen molar-refractivity contribution in [1.82, 2.24) is 10.6 Å². The number of guanidine groups is 1. The van der Waals surface area contributed by atoms with Gasteiger partial charge in [0.15, 0.2) is 5.96 Å². The van der Waals surface area contributed by atoms with Gasteiger partial charge in [-0.2, -0.15) is 13.2 Å². The average molecular weight is 445 g/mol. The number of halogens is 4. The average Bonchev–Trinajstić information content (AvgIpc) is 2.42. The van der Waals surface area contributed by atoms with Crippen LogP contribution in [0.25, 0.3) is 0 Å². The summed E-state index contributed by atoms with van der Waals surface area (Å²) < 4.78 is 41.8. The minimum atomic E-state index is -4.19. The second-order valence-corrected chi connectivity index (χ2v) is 4.72. The van der Waals surface area contributed by atoms with Gasteiger partial charge in [-0.3, -0.25) is 4.99 Å². The number of alkyl halides is 3. The lowest BCUT2D eigenvalue weighted by atomic mass is 10.2. The molecule has 132 valence electrons. The summed E-state index contributed by atoms with van der Waals surface area (Å²) >= 11 is 0. The van der Waals surface area contributed by atoms with Crippen LogP contribution in [0.4, 0.5) is 13.2 Å². The van der Waals surface area contributed by atoms with Gasteiger partial charge in [0.1, 0.15) is 12.4 Å². The maximum Gasteiger partial charge on any atom is 0.390 e. The van der Waals surface area contributed by atoms with Crippen molar-refractivity contribution in [3.63, 3.8) is 0 Å². The predicted molar refractivity (Wildman–Crippen MR) is 96.7 cm³/mol. The molecule has 0 radical (unpaired) electrons. The first kappa shape index (κ1) is 21.8. The van der Waals surface area contributed by atoms with Crippen LogP contribution in [0.15, 0.2) is 29.3 Å². The van der Waals surface area contributed by atoms with Gasteiger partial charge >= 0.3 is 6.18 Å². The minimum Gasteiger partial charge on any atom is -0.492 e. The third kappa shape index (κ3) is 11.1. The van der Waals surface area contributed by atoms with Crippen molar-refractivity contribution in [3.8, 4) is 5.75 Å². The molecule has 0 aliphatic rings. The maximum absolute atomic E-state index is 12.1. The van der Waals surface area contributed by atoms with Gasteiger partial charge in [-0.15, -0.1) is 24.0 Å². The number of hydrogen-bond donors (Lipinski definition) is 2. The van der Waals surface area contributed by atoms with Crippen molar-refractivity contribution in [2.75, 3.05) is 26.2 Å². The molecule has 0 saturated heterocycles. The van der Waals surface area contributed by atoms with Crippen LogP contribution in [0, 0.1) is 6.92 Å². The lowest BCUT2D eigenvalue weighted by molar-refractivity contribution is -0.132. The second-order valence-electron chi connectivity index (χ2n) is 4.72. The number of aliphatic imine (C=N–C) groups is 1. The van der Waals surface area contributed by atoms with Crippen molar-refractivity contribution >= 4 is 29.9 Å². The second kappa shape index (κ2) is 11.4. The molecule has 1 aromatic rings. The maximum atomic E-state index is 12.1. The Balaban J connectivity index is 0.00000484. The summed E-state index contributed by atoms with van der Waals surface area (Å²) in [5, 5.41) is 5.83. The molecule has 23 heavy (non-hydrogen) atoms. The van der Waals surface area contributed by atoms with Crippen LogP contribution in [0.5, 0.6) is 5.75 Å². The zero-order chi connectivity index (χ0) is 16.4. The van der Waals surface area contributed by atoms with E-state index in [4.69, 9.17) is 4.74 Å². The third-order valence-electron chi connectivity index (χ3n) is 2.66. The Morgan fingerprint density at radius 1 is 1.26 bits per heavy atom. The number of hydrogen-bond acceptors (Lipinski definition) is 2. The largest absolute Gasteiger partial charge is 0.492 e. The van der Waals surface area contributed by atoms with Crippen molar-refractivity contribution in [1.29, 1.82) is 0 Å². The van der Waals surface area contributed by atoms with Crippen molar-refractivity contribution in [2.45, 2.75) is 26.4 Å². The van der Waals surface area contributed by atoms with E-state index in [0.717, 1.165) is 11.3 Å². The topological polar surface area (TPSA) is 45.7 Å². The lowest BCUT2D eigenvalue weighted by Crippen LogP contribution is -2.39. The van der Waals surface area contributed by atoms with E-state index >= 15 is 0 Å². The predicted octanol–water partition coefficient (Wildman–Crippen LogP) is 3.50. The molecule has 0 atom stereocenters. The summed E-state index contributed by atoms with van der Waals surface area (Å²) in [6.45, 7) is 4.96. The number of aryl methyl sites for hydroxylation is 1. The minimum absolute atomic E-state index is 0. The van der Waals surface area contributed by atoms with E-state index in [1.54, 1.807) is 0 Å². The van der Waals surface area contributed by atoms with E-state index in [0.29, 0.717) is 25.7 Å². The fraction of sp³-hybridized carbons (Fsp3) is 0.533. The Labute approximate surface area is 151 Å². The molecular weight excluding hydrogens is 422 g/mol. The number of rotatable bonds is 7. The van der Waals surface area contributed by atoms with Crippen LogP contribution < -0.4 is 15.4 Å². The van der Waals surface area contributed by atoms with Crippen LogP contribution in [0.1, 0.15) is 18.9 Å². The van der Waals surface area contributed by atoms with E-state index in [1.807, 2.05) is 38.1 Å². The summed E-state index contributed by atoms with van der Waals surface area (Å²) in [7, 11) is 0. The number of nitrogens with zero attached hydrogens (tertiary/aromatic N) is 1. The van der Waals surface area contributed by atoms with Crippen LogP contribution in [0.3, 0.4) is 0 Å². The van der Waals surface area contributed by atoms with Gasteiger partial charge in [0, 0.05) is 6.54 Å². The summed E-state index contributed by atoms with van der Waals surface area (Å²) in [6.07, 6.45) is -5.11. The molecule has 8 heteroatoms. The molecule has 2 N–H and O–H groups in total. The van der Waals surface area contributed by atoms with Gasteiger partial charge in [-0.05, 0) is 31.5 Å². The smallest absolute Gasteiger partial charge is 0.390 e. The molecular formula is C15H23F3IN3O. The van der Waals surface area contributed by atoms with Gasteiger partial charge in [-0.25, -0.2) is 0 Å². The van der Waals surface area contributed by atoms with E-state index in [-0.39, 0.29) is 30.5 Å². The van der Waals surface area contributed by atoms with Crippen molar-refractivity contribution in [2.24, 2.45) is 4.99 Å². The van der Waals surface area contributed by atoms with Gasteiger partial charge in [-0.1, -0.05) is 12.1 Å². The summed E-state index contributed by atoms with van der Waals surface area (Å²) in [5.41, 5.74) is 1.10. The molecule has 0 saturated carbocycles. The first-order chi connectivity index (χ1) is 10.4. The van der Waals surface area contributed by atoms with E-state index in [2.05, 4.69) is 15.6 Å². The zero-order valence-electron chi connectivity index (χ0n) is 13.2. The molecule has 0 unspecified atom stereocenters. The number of benzene rings is 1. The Kier molecular flexibility index (Phi) is 10.8. The number of ether oxygens (including phenoxy) is 1. The fourth-order valence-electron chi connectivity index (χ4n) is 1.68. The van der Waals surface area contributed by atoms with E-state index < -0.39 is 12.6 Å². The standard InChI is InChI=1S/C15H22F3N3O.HI/c1-3-19-14(20-8-7-15(16,17)18)21-9-10-22-13-6-4-5-12(2)11-13;/h4-6,11H,3,7-10H2,1-2H3,(H2,19,20,21);1H. The third-order valence-corrected chi connectivity index (χ3v) is 2.66. The SMILES string of the molecule is CCNC(=NCCC(F)(F)F)NCCOc1cccc(C)c1.I. The van der Waals surface area contributed by atoms with Crippen LogP contribution in [0.2, 0.25) is 0 Å². The Morgan fingerprint density at radius 2 is 2.00 bits per heavy atom. The van der Waals surface area contributed by atoms with Gasteiger partial charge < -0.3 is 15.4 Å². The highest BCUT2D eigenvalue weighted by molar-refractivity contribution is 14.0. The van der Waals surface area contributed by atoms with Crippen LogP contribution in [-0.4, -0.2) is 38.4 Å². The quantitative estimate of drug-likeness (QED) is 0.293. The summed E-state index contributed by atoms with van der Waals surface area (Å²) in [6, 6.07) is 7.65. The first-order valence-corrected chi connectivity index (χ1v) is 7.19. The number of nitrogens with one attached hydrogen (secondary N) is 2. The molecule has 0 aliphatic heterocycles. The highest BCUT2D eigenvalue weighted by atomic mass is 127. The van der Waals surface area contributed by atoms with Gasteiger partial charge in [0.2, 0.25) is 0 Å². The normalized spacial score (nSPS) is 11.6. The molecule has 1 aromatic carbocycles. The van der Waals surface area contributed by atoms with Crippen LogP contribution in [-0.2, 0) is 0 Å². The lowest BCUT2D eigenvalue weighted by Gasteiger charge is -2.12. The fourth-order valence-corrected chi connectivity index (χ4v) is 1.68. The molecule has 0 aromatic heterocycles. The van der Waals surface area contributed by atoms with Crippen molar-refractivity contribution < 1.29 is 17.9 Å².